The fourth-order valence-electron chi connectivity index (χ4n) is 3.53. The summed E-state index contributed by atoms with van der Waals surface area (Å²) in [7, 11) is -3.93. The van der Waals surface area contributed by atoms with Gasteiger partial charge >= 0.3 is 0 Å². The summed E-state index contributed by atoms with van der Waals surface area (Å²) in [4.78, 5) is 0. The Bertz CT molecular complexity index is 415. The lowest BCUT2D eigenvalue weighted by Crippen LogP contribution is -1.89. The van der Waals surface area contributed by atoms with Crippen LogP contribution in [0.15, 0.2) is 11.5 Å². The standard InChI is InChI=1S/C23H46O3S/c1-2-3-4-5-6-7-8-9-10-11-12-13-14-15-16-17-18-19-20-21-22-23-27(24,25)26/h22-23H,2-21H2,1H3,(H,24,25,26). The number of hydrogen-bond donors (Lipinski definition) is 1. The molecule has 0 aromatic rings. The number of hydrogen-bond acceptors (Lipinski definition) is 2. The molecule has 0 radical (unpaired) electrons. The normalized spacial score (nSPS) is 12.2. The van der Waals surface area contributed by atoms with Crippen molar-refractivity contribution in [3.05, 3.63) is 11.5 Å². The maximum atomic E-state index is 10.5. The Kier molecular flexibility index (Phi) is 20.1. The second kappa shape index (κ2) is 20.4. The summed E-state index contributed by atoms with van der Waals surface area (Å²) >= 11 is 0. The molecule has 0 fully saturated rings. The van der Waals surface area contributed by atoms with Gasteiger partial charge in [0, 0.05) is 0 Å². The van der Waals surface area contributed by atoms with Crippen LogP contribution < -0.4 is 0 Å². The minimum atomic E-state index is -3.93. The lowest BCUT2D eigenvalue weighted by Gasteiger charge is -2.03. The molecule has 0 heterocycles. The van der Waals surface area contributed by atoms with E-state index in [0.29, 0.717) is 0 Å². The minimum Gasteiger partial charge on any atom is -0.282 e. The van der Waals surface area contributed by atoms with Crippen LogP contribution >= 0.6 is 0 Å². The second-order valence-electron chi connectivity index (χ2n) is 8.04. The fourth-order valence-corrected chi connectivity index (χ4v) is 3.91. The van der Waals surface area contributed by atoms with Crippen LogP contribution in [0.2, 0.25) is 0 Å². The molecule has 0 spiro atoms. The average molecular weight is 403 g/mol. The Labute approximate surface area is 170 Å². The molecule has 0 unspecified atom stereocenters. The third-order valence-electron chi connectivity index (χ3n) is 5.24. The Morgan fingerprint density at radius 3 is 1.15 bits per heavy atom. The van der Waals surface area contributed by atoms with E-state index in [-0.39, 0.29) is 0 Å². The van der Waals surface area contributed by atoms with Gasteiger partial charge in [-0.25, -0.2) is 0 Å². The summed E-state index contributed by atoms with van der Waals surface area (Å²) in [6, 6.07) is 0. The van der Waals surface area contributed by atoms with Crippen molar-refractivity contribution in [2.45, 2.75) is 135 Å². The molecule has 0 aliphatic rings. The number of unbranched alkanes of at least 4 members (excludes halogenated alkanes) is 19. The molecule has 0 bridgehead atoms. The number of rotatable bonds is 21. The fraction of sp³-hybridized carbons (Fsp3) is 0.913. The van der Waals surface area contributed by atoms with E-state index >= 15 is 0 Å². The Hall–Kier alpha value is -0.350. The molecule has 4 heteroatoms. The van der Waals surface area contributed by atoms with Gasteiger partial charge in [-0.05, 0) is 12.8 Å². The first-order chi connectivity index (χ1) is 13.1. The van der Waals surface area contributed by atoms with E-state index in [0.717, 1.165) is 24.7 Å². The van der Waals surface area contributed by atoms with Crippen LogP contribution in [0.5, 0.6) is 0 Å². The van der Waals surface area contributed by atoms with E-state index in [4.69, 9.17) is 4.55 Å². The van der Waals surface area contributed by atoms with Crippen molar-refractivity contribution in [2.24, 2.45) is 0 Å². The Morgan fingerprint density at radius 2 is 0.852 bits per heavy atom. The quantitative estimate of drug-likeness (QED) is 0.155. The summed E-state index contributed by atoms with van der Waals surface area (Å²) < 4.78 is 29.6. The third kappa shape index (κ3) is 25.7. The maximum absolute atomic E-state index is 10.5. The largest absolute Gasteiger partial charge is 0.287 e. The average Bonchev–Trinajstić information content (AvgIpc) is 2.62. The predicted octanol–water partition coefficient (Wildman–Crippen LogP) is 8.21. The van der Waals surface area contributed by atoms with Crippen molar-refractivity contribution < 1.29 is 13.0 Å². The first kappa shape index (κ1) is 26.6. The van der Waals surface area contributed by atoms with Gasteiger partial charge < -0.3 is 0 Å². The number of allylic oxidation sites excluding steroid dienone is 1. The zero-order valence-corrected chi connectivity index (χ0v) is 18.8. The monoisotopic (exact) mass is 402 g/mol. The van der Waals surface area contributed by atoms with Gasteiger partial charge in [0.25, 0.3) is 10.1 Å². The molecule has 0 saturated heterocycles. The summed E-state index contributed by atoms with van der Waals surface area (Å²) in [6.07, 6.45) is 28.1. The van der Waals surface area contributed by atoms with Gasteiger partial charge in [0.05, 0.1) is 5.41 Å². The van der Waals surface area contributed by atoms with Crippen LogP contribution in [0, 0.1) is 0 Å². The molecule has 1 N–H and O–H groups in total. The highest BCUT2D eigenvalue weighted by Gasteiger charge is 1.96. The summed E-state index contributed by atoms with van der Waals surface area (Å²) in [5.74, 6) is 0. The molecule has 0 aromatic heterocycles. The highest BCUT2D eigenvalue weighted by Crippen LogP contribution is 2.14. The van der Waals surface area contributed by atoms with Crippen molar-refractivity contribution in [3.8, 4) is 0 Å². The van der Waals surface area contributed by atoms with Gasteiger partial charge in [0.2, 0.25) is 0 Å². The van der Waals surface area contributed by atoms with E-state index in [1.165, 1.54) is 109 Å². The van der Waals surface area contributed by atoms with Crippen molar-refractivity contribution in [2.75, 3.05) is 0 Å². The molecule has 3 nitrogen and oxygen atoms in total. The van der Waals surface area contributed by atoms with Gasteiger partial charge in [-0.1, -0.05) is 129 Å². The van der Waals surface area contributed by atoms with Crippen molar-refractivity contribution in [1.29, 1.82) is 0 Å². The first-order valence-corrected chi connectivity index (χ1v) is 13.2. The molecule has 0 aromatic carbocycles. The molecule has 0 amide bonds. The molecular formula is C23H46O3S. The lowest BCUT2D eigenvalue weighted by atomic mass is 10.0. The van der Waals surface area contributed by atoms with Crippen LogP contribution in [0.25, 0.3) is 0 Å². The van der Waals surface area contributed by atoms with E-state index in [9.17, 15) is 8.42 Å². The van der Waals surface area contributed by atoms with E-state index in [2.05, 4.69) is 6.92 Å². The van der Waals surface area contributed by atoms with Gasteiger partial charge in [0.1, 0.15) is 0 Å². The molecule has 0 aliphatic heterocycles. The molecular weight excluding hydrogens is 356 g/mol. The molecule has 0 atom stereocenters. The minimum absolute atomic E-state index is 0.735. The molecule has 162 valence electrons. The zero-order valence-electron chi connectivity index (χ0n) is 18.0. The van der Waals surface area contributed by atoms with Crippen molar-refractivity contribution in [3.63, 3.8) is 0 Å². The summed E-state index contributed by atoms with van der Waals surface area (Å²) in [5, 5.41) is 0.891. The van der Waals surface area contributed by atoms with Crippen LogP contribution in [0.3, 0.4) is 0 Å². The van der Waals surface area contributed by atoms with Crippen LogP contribution in [0.4, 0.5) is 0 Å². The van der Waals surface area contributed by atoms with Crippen LogP contribution in [-0.4, -0.2) is 13.0 Å². The van der Waals surface area contributed by atoms with E-state index < -0.39 is 10.1 Å². The highest BCUT2D eigenvalue weighted by molar-refractivity contribution is 7.88. The smallest absolute Gasteiger partial charge is 0.282 e. The first-order valence-electron chi connectivity index (χ1n) is 11.7. The van der Waals surface area contributed by atoms with Gasteiger partial charge in [-0.2, -0.15) is 8.42 Å². The molecule has 0 saturated carbocycles. The van der Waals surface area contributed by atoms with Crippen molar-refractivity contribution in [1.82, 2.24) is 0 Å². The lowest BCUT2D eigenvalue weighted by molar-refractivity contribution is 0.494. The zero-order chi connectivity index (χ0) is 20.1. The Balaban J connectivity index is 3.08. The van der Waals surface area contributed by atoms with E-state index in [1.54, 1.807) is 6.08 Å². The highest BCUT2D eigenvalue weighted by atomic mass is 32.2. The van der Waals surface area contributed by atoms with Crippen LogP contribution in [0.1, 0.15) is 135 Å². The topological polar surface area (TPSA) is 54.4 Å². The second-order valence-corrected chi connectivity index (χ2v) is 9.34. The predicted molar refractivity (Wildman–Crippen MR) is 119 cm³/mol. The molecule has 27 heavy (non-hydrogen) atoms. The molecule has 0 rings (SSSR count). The molecule has 0 aliphatic carbocycles. The third-order valence-corrected chi connectivity index (χ3v) is 5.78. The summed E-state index contributed by atoms with van der Waals surface area (Å²) in [5.41, 5.74) is 0. The SMILES string of the molecule is CCCCCCCCCCCCCCCCCCCCCC=CS(=O)(=O)O. The maximum Gasteiger partial charge on any atom is 0.287 e. The summed E-state index contributed by atoms with van der Waals surface area (Å²) in [6.45, 7) is 2.28. The van der Waals surface area contributed by atoms with Crippen molar-refractivity contribution >= 4 is 10.1 Å². The van der Waals surface area contributed by atoms with Gasteiger partial charge in [-0.3, -0.25) is 4.55 Å². The van der Waals surface area contributed by atoms with Crippen LogP contribution in [-0.2, 0) is 10.1 Å². The Morgan fingerprint density at radius 1 is 0.556 bits per heavy atom. The van der Waals surface area contributed by atoms with Gasteiger partial charge in [-0.15, -0.1) is 0 Å². The van der Waals surface area contributed by atoms with E-state index in [1.807, 2.05) is 0 Å². The van der Waals surface area contributed by atoms with Gasteiger partial charge in [0.15, 0.2) is 0 Å².